The molecule has 1 atom stereocenters. The third-order valence-corrected chi connectivity index (χ3v) is 3.00. The molecule has 19 heavy (non-hydrogen) atoms. The highest BCUT2D eigenvalue weighted by Crippen LogP contribution is 2.22. The molecule has 0 fully saturated rings. The zero-order valence-corrected chi connectivity index (χ0v) is 10.3. The van der Waals surface area contributed by atoms with Crippen LogP contribution in [0, 0.1) is 24.4 Å². The van der Waals surface area contributed by atoms with E-state index in [2.05, 4.69) is 0 Å². The first kappa shape index (κ1) is 13.6. The molecule has 0 saturated carbocycles. The minimum Gasteiger partial charge on any atom is -0.388 e. The summed E-state index contributed by atoms with van der Waals surface area (Å²) in [4.78, 5) is 0. The van der Waals surface area contributed by atoms with E-state index in [1.54, 1.807) is 6.92 Å². The Balaban J connectivity index is 2.20. The van der Waals surface area contributed by atoms with Crippen LogP contribution in [-0.4, -0.2) is 5.11 Å². The van der Waals surface area contributed by atoms with Crippen LogP contribution in [0.3, 0.4) is 0 Å². The molecule has 0 aliphatic carbocycles. The van der Waals surface area contributed by atoms with Gasteiger partial charge in [0.1, 0.15) is 17.5 Å². The minimum atomic E-state index is -0.959. The monoisotopic (exact) mass is 266 g/mol. The van der Waals surface area contributed by atoms with Gasteiger partial charge in [-0.3, -0.25) is 0 Å². The molecule has 0 aliphatic rings. The molecule has 1 nitrogen and oxygen atoms in total. The van der Waals surface area contributed by atoms with E-state index in [4.69, 9.17) is 0 Å². The number of rotatable bonds is 3. The van der Waals surface area contributed by atoms with Crippen molar-refractivity contribution >= 4 is 0 Å². The van der Waals surface area contributed by atoms with Crippen LogP contribution >= 0.6 is 0 Å². The Morgan fingerprint density at radius 3 is 2.37 bits per heavy atom. The predicted molar refractivity (Wildman–Crippen MR) is 66.2 cm³/mol. The van der Waals surface area contributed by atoms with Crippen LogP contribution in [0.15, 0.2) is 36.4 Å². The van der Waals surface area contributed by atoms with E-state index in [9.17, 15) is 18.3 Å². The van der Waals surface area contributed by atoms with Gasteiger partial charge >= 0.3 is 0 Å². The number of hydrogen-bond donors (Lipinski definition) is 1. The second kappa shape index (κ2) is 5.45. The van der Waals surface area contributed by atoms with Crippen LogP contribution in [0.1, 0.15) is 22.8 Å². The summed E-state index contributed by atoms with van der Waals surface area (Å²) in [5.74, 6) is -1.71. The molecule has 0 aliphatic heterocycles. The second-order valence-electron chi connectivity index (χ2n) is 4.46. The highest BCUT2D eigenvalue weighted by atomic mass is 19.1. The smallest absolute Gasteiger partial charge is 0.129 e. The third kappa shape index (κ3) is 3.15. The second-order valence-corrected chi connectivity index (χ2v) is 4.46. The maximum Gasteiger partial charge on any atom is 0.129 e. The SMILES string of the molecule is Cc1cc(C(O)Cc2ccc(F)cc2F)ccc1F. The Morgan fingerprint density at radius 1 is 1.00 bits per heavy atom. The quantitative estimate of drug-likeness (QED) is 0.898. The van der Waals surface area contributed by atoms with Gasteiger partial charge in [-0.25, -0.2) is 13.2 Å². The van der Waals surface area contributed by atoms with Gasteiger partial charge in [-0.2, -0.15) is 0 Å². The van der Waals surface area contributed by atoms with Gasteiger partial charge in [-0.05, 0) is 35.7 Å². The lowest BCUT2D eigenvalue weighted by Crippen LogP contribution is -2.04. The molecule has 100 valence electrons. The molecule has 1 unspecified atom stereocenters. The number of hydrogen-bond acceptors (Lipinski definition) is 1. The largest absolute Gasteiger partial charge is 0.388 e. The molecular formula is C15H13F3O. The van der Waals surface area contributed by atoms with E-state index >= 15 is 0 Å². The first-order valence-corrected chi connectivity index (χ1v) is 5.85. The molecule has 4 heteroatoms. The highest BCUT2D eigenvalue weighted by Gasteiger charge is 2.13. The number of benzene rings is 2. The minimum absolute atomic E-state index is 0.0111. The fraction of sp³-hybridized carbons (Fsp3) is 0.200. The molecule has 1 N–H and O–H groups in total. The summed E-state index contributed by atoms with van der Waals surface area (Å²) in [6.07, 6.45) is -0.948. The molecule has 0 saturated heterocycles. The van der Waals surface area contributed by atoms with Gasteiger partial charge in [0, 0.05) is 12.5 Å². The first-order chi connectivity index (χ1) is 8.97. The summed E-state index contributed by atoms with van der Waals surface area (Å²) in [7, 11) is 0. The maximum atomic E-state index is 13.5. The predicted octanol–water partition coefficient (Wildman–Crippen LogP) is 3.69. The molecule has 2 rings (SSSR count). The highest BCUT2D eigenvalue weighted by molar-refractivity contribution is 5.28. The number of aliphatic hydroxyl groups is 1. The molecule has 0 spiro atoms. The van der Waals surface area contributed by atoms with Crippen molar-refractivity contribution in [2.75, 3.05) is 0 Å². The van der Waals surface area contributed by atoms with Crippen molar-refractivity contribution in [2.24, 2.45) is 0 Å². The lowest BCUT2D eigenvalue weighted by Gasteiger charge is -2.12. The summed E-state index contributed by atoms with van der Waals surface area (Å²) < 4.78 is 39.3. The van der Waals surface area contributed by atoms with Gasteiger partial charge in [0.05, 0.1) is 6.10 Å². The molecule has 0 radical (unpaired) electrons. The van der Waals surface area contributed by atoms with Crippen molar-refractivity contribution in [3.05, 3.63) is 70.5 Å². The summed E-state index contributed by atoms with van der Waals surface area (Å²) in [6, 6.07) is 7.44. The normalized spacial score (nSPS) is 12.5. The molecule has 0 heterocycles. The summed E-state index contributed by atoms with van der Waals surface area (Å²) in [6.45, 7) is 1.59. The topological polar surface area (TPSA) is 20.2 Å². The van der Waals surface area contributed by atoms with Gasteiger partial charge in [0.25, 0.3) is 0 Å². The molecular weight excluding hydrogens is 253 g/mol. The van der Waals surface area contributed by atoms with Gasteiger partial charge in [-0.1, -0.05) is 18.2 Å². The number of halogens is 3. The van der Waals surface area contributed by atoms with E-state index in [0.29, 0.717) is 11.1 Å². The molecule has 2 aromatic rings. The first-order valence-electron chi connectivity index (χ1n) is 5.85. The van der Waals surface area contributed by atoms with Gasteiger partial charge in [0.15, 0.2) is 0 Å². The Labute approximate surface area is 109 Å². The zero-order valence-electron chi connectivity index (χ0n) is 10.3. The van der Waals surface area contributed by atoms with E-state index in [0.717, 1.165) is 12.1 Å². The van der Waals surface area contributed by atoms with Crippen LogP contribution in [0.25, 0.3) is 0 Å². The Bertz CT molecular complexity index is 596. The van der Waals surface area contributed by atoms with Crippen LogP contribution in [-0.2, 0) is 6.42 Å². The fourth-order valence-electron chi connectivity index (χ4n) is 1.89. The van der Waals surface area contributed by atoms with E-state index < -0.39 is 17.7 Å². The summed E-state index contributed by atoms with van der Waals surface area (Å²) in [5, 5.41) is 10.0. The van der Waals surface area contributed by atoms with Crippen molar-refractivity contribution in [3.8, 4) is 0 Å². The Kier molecular flexibility index (Phi) is 3.90. The van der Waals surface area contributed by atoms with Crippen molar-refractivity contribution in [1.82, 2.24) is 0 Å². The van der Waals surface area contributed by atoms with Crippen LogP contribution < -0.4 is 0 Å². The van der Waals surface area contributed by atoms with Gasteiger partial charge in [0.2, 0.25) is 0 Å². The third-order valence-electron chi connectivity index (χ3n) is 3.00. The lowest BCUT2D eigenvalue weighted by molar-refractivity contribution is 0.177. The fourth-order valence-corrected chi connectivity index (χ4v) is 1.89. The Hall–Kier alpha value is -1.81. The van der Waals surface area contributed by atoms with Crippen molar-refractivity contribution in [1.29, 1.82) is 0 Å². The van der Waals surface area contributed by atoms with E-state index in [1.807, 2.05) is 0 Å². The molecule has 0 amide bonds. The average molecular weight is 266 g/mol. The van der Waals surface area contributed by atoms with Crippen molar-refractivity contribution < 1.29 is 18.3 Å². The summed E-state index contributed by atoms with van der Waals surface area (Å²) >= 11 is 0. The van der Waals surface area contributed by atoms with Crippen LogP contribution in [0.4, 0.5) is 13.2 Å². The van der Waals surface area contributed by atoms with Crippen LogP contribution in [0.2, 0.25) is 0 Å². The zero-order chi connectivity index (χ0) is 14.0. The molecule has 0 bridgehead atoms. The number of aryl methyl sites for hydroxylation is 1. The van der Waals surface area contributed by atoms with Crippen molar-refractivity contribution in [3.63, 3.8) is 0 Å². The van der Waals surface area contributed by atoms with Gasteiger partial charge < -0.3 is 5.11 Å². The number of aliphatic hydroxyl groups excluding tert-OH is 1. The summed E-state index contributed by atoms with van der Waals surface area (Å²) in [5.41, 5.74) is 1.13. The van der Waals surface area contributed by atoms with E-state index in [-0.39, 0.29) is 17.8 Å². The van der Waals surface area contributed by atoms with Crippen LogP contribution in [0.5, 0.6) is 0 Å². The van der Waals surface area contributed by atoms with E-state index in [1.165, 1.54) is 24.3 Å². The van der Waals surface area contributed by atoms with Crippen molar-refractivity contribution in [2.45, 2.75) is 19.4 Å². The lowest BCUT2D eigenvalue weighted by atomic mass is 9.99. The maximum absolute atomic E-state index is 13.5. The molecule has 0 aromatic heterocycles. The van der Waals surface area contributed by atoms with Gasteiger partial charge in [-0.15, -0.1) is 0 Å². The average Bonchev–Trinajstić information content (AvgIpc) is 2.36. The standard InChI is InChI=1S/C15H13F3O/c1-9-6-11(3-5-13(9)17)15(19)7-10-2-4-12(16)8-14(10)18/h2-6,8,15,19H,7H2,1H3. The molecule has 2 aromatic carbocycles. The Morgan fingerprint density at radius 2 is 1.74 bits per heavy atom.